The molecule has 3 heterocycles. The molecule has 3 aromatic rings. The number of thiophene rings is 1. The summed E-state index contributed by atoms with van der Waals surface area (Å²) in [5.41, 5.74) is 6.44. The second-order valence-electron chi connectivity index (χ2n) is 8.12. The number of ether oxygens (including phenoxy) is 2. The van der Waals surface area contributed by atoms with Gasteiger partial charge in [-0.1, -0.05) is 6.07 Å². The van der Waals surface area contributed by atoms with Crippen molar-refractivity contribution in [1.29, 1.82) is 0 Å². The van der Waals surface area contributed by atoms with Crippen molar-refractivity contribution in [2.75, 3.05) is 20.8 Å². The third-order valence-corrected chi connectivity index (χ3v) is 7.11. The van der Waals surface area contributed by atoms with E-state index >= 15 is 0 Å². The molecular weight excluding hydrogens is 408 g/mol. The molecule has 0 fully saturated rings. The van der Waals surface area contributed by atoms with E-state index in [2.05, 4.69) is 55.0 Å². The minimum absolute atomic E-state index is 0.0854. The highest BCUT2D eigenvalue weighted by Crippen LogP contribution is 2.47. The molecule has 164 valence electrons. The van der Waals surface area contributed by atoms with Crippen LogP contribution in [-0.2, 0) is 13.0 Å². The van der Waals surface area contributed by atoms with Crippen LogP contribution in [0.1, 0.15) is 42.4 Å². The molecule has 6 heteroatoms. The van der Waals surface area contributed by atoms with Crippen molar-refractivity contribution < 1.29 is 14.3 Å². The first-order valence-electron chi connectivity index (χ1n) is 10.8. The number of carbonyl (C=O) groups excluding carboxylic acids is 1. The van der Waals surface area contributed by atoms with Crippen LogP contribution in [0, 0.1) is 6.92 Å². The van der Waals surface area contributed by atoms with Gasteiger partial charge in [0.05, 0.1) is 19.9 Å². The van der Waals surface area contributed by atoms with Gasteiger partial charge in [0, 0.05) is 35.1 Å². The van der Waals surface area contributed by atoms with Crippen molar-refractivity contribution in [2.45, 2.75) is 46.7 Å². The molecule has 0 aliphatic carbocycles. The van der Waals surface area contributed by atoms with Gasteiger partial charge in [-0.3, -0.25) is 4.79 Å². The van der Waals surface area contributed by atoms with E-state index in [1.807, 2.05) is 11.8 Å². The van der Waals surface area contributed by atoms with E-state index in [1.165, 1.54) is 5.56 Å². The smallest absolute Gasteiger partial charge is 0.270 e. The Labute approximate surface area is 188 Å². The van der Waals surface area contributed by atoms with Gasteiger partial charge >= 0.3 is 0 Å². The molecule has 0 spiro atoms. The summed E-state index contributed by atoms with van der Waals surface area (Å²) in [5.74, 6) is 1.59. The van der Waals surface area contributed by atoms with Crippen molar-refractivity contribution in [1.82, 2.24) is 9.47 Å². The Morgan fingerprint density at radius 3 is 2.58 bits per heavy atom. The zero-order valence-electron chi connectivity index (χ0n) is 19.1. The van der Waals surface area contributed by atoms with E-state index in [-0.39, 0.29) is 11.9 Å². The molecule has 2 aromatic heterocycles. The van der Waals surface area contributed by atoms with Crippen molar-refractivity contribution in [2.24, 2.45) is 0 Å². The van der Waals surface area contributed by atoms with Gasteiger partial charge in [0.25, 0.3) is 5.91 Å². The Kier molecular flexibility index (Phi) is 5.84. The largest absolute Gasteiger partial charge is 0.493 e. The van der Waals surface area contributed by atoms with Crippen LogP contribution >= 0.6 is 11.3 Å². The number of nitrogens with zero attached hydrogens (tertiary/aromatic N) is 2. The fourth-order valence-corrected chi connectivity index (χ4v) is 5.47. The third-order valence-electron chi connectivity index (χ3n) is 6.21. The van der Waals surface area contributed by atoms with Crippen molar-refractivity contribution in [3.63, 3.8) is 0 Å². The molecule has 1 aromatic carbocycles. The van der Waals surface area contributed by atoms with Gasteiger partial charge in [-0.15, -0.1) is 11.3 Å². The molecule has 0 bridgehead atoms. The molecule has 0 unspecified atom stereocenters. The summed E-state index contributed by atoms with van der Waals surface area (Å²) in [6.45, 7) is 9.71. The number of methoxy groups -OCH3 is 2. The molecule has 5 nitrogen and oxygen atoms in total. The van der Waals surface area contributed by atoms with Gasteiger partial charge in [0.1, 0.15) is 5.69 Å². The number of amides is 1. The zero-order valence-corrected chi connectivity index (χ0v) is 19.9. The predicted octanol–water partition coefficient (Wildman–Crippen LogP) is 5.64. The fraction of sp³-hybridized carbons (Fsp3) is 0.400. The Bertz CT molecular complexity index is 1110. The maximum absolute atomic E-state index is 13.5. The van der Waals surface area contributed by atoms with Crippen LogP contribution in [0.2, 0.25) is 0 Å². The van der Waals surface area contributed by atoms with Crippen molar-refractivity contribution in [3.8, 4) is 33.2 Å². The van der Waals surface area contributed by atoms with E-state index in [4.69, 9.17) is 9.47 Å². The number of hydrogen-bond donors (Lipinski definition) is 0. The number of aromatic nitrogens is 1. The zero-order chi connectivity index (χ0) is 22.3. The van der Waals surface area contributed by atoms with Crippen molar-refractivity contribution in [3.05, 3.63) is 46.5 Å². The van der Waals surface area contributed by atoms with E-state index in [1.54, 1.807) is 25.6 Å². The molecule has 4 rings (SSSR count). The molecule has 0 saturated carbocycles. The van der Waals surface area contributed by atoms with E-state index in [9.17, 15) is 4.79 Å². The first kappa shape index (κ1) is 21.5. The lowest BCUT2D eigenvalue weighted by molar-refractivity contribution is 0.0706. The molecule has 31 heavy (non-hydrogen) atoms. The Hall–Kier alpha value is -2.73. The number of carbonyl (C=O) groups is 1. The second-order valence-corrected chi connectivity index (χ2v) is 9.07. The van der Waals surface area contributed by atoms with Gasteiger partial charge < -0.3 is 18.9 Å². The lowest BCUT2D eigenvalue weighted by atomic mass is 9.91. The number of hydrogen-bond acceptors (Lipinski definition) is 4. The average Bonchev–Trinajstić information content (AvgIpc) is 3.41. The molecule has 0 N–H and O–H groups in total. The summed E-state index contributed by atoms with van der Waals surface area (Å²) >= 11 is 1.70. The maximum Gasteiger partial charge on any atom is 0.270 e. The fourth-order valence-electron chi connectivity index (χ4n) is 4.73. The normalized spacial score (nSPS) is 12.5. The highest BCUT2D eigenvalue weighted by atomic mass is 32.1. The van der Waals surface area contributed by atoms with E-state index in [0.717, 1.165) is 57.4 Å². The highest BCUT2D eigenvalue weighted by molar-refractivity contribution is 7.13. The number of benzene rings is 1. The first-order valence-corrected chi connectivity index (χ1v) is 11.6. The second kappa shape index (κ2) is 8.42. The van der Waals surface area contributed by atoms with Gasteiger partial charge in [0.2, 0.25) is 0 Å². The summed E-state index contributed by atoms with van der Waals surface area (Å²) in [5, 5.41) is 2.08. The van der Waals surface area contributed by atoms with Crippen LogP contribution < -0.4 is 9.47 Å². The van der Waals surface area contributed by atoms with Crippen molar-refractivity contribution >= 4 is 17.2 Å². The van der Waals surface area contributed by atoms with Crippen LogP contribution in [0.15, 0.2) is 29.6 Å². The number of fused-ring (bicyclic) bond motifs is 3. The van der Waals surface area contributed by atoms with Crippen LogP contribution in [0.4, 0.5) is 0 Å². The highest BCUT2D eigenvalue weighted by Gasteiger charge is 2.31. The molecule has 0 saturated heterocycles. The Morgan fingerprint density at radius 1 is 1.23 bits per heavy atom. The maximum atomic E-state index is 13.5. The Balaban J connectivity index is 1.99. The number of rotatable bonds is 6. The summed E-state index contributed by atoms with van der Waals surface area (Å²) in [6.07, 6.45) is 0.848. The summed E-state index contributed by atoms with van der Waals surface area (Å²) in [7, 11) is 3.35. The summed E-state index contributed by atoms with van der Waals surface area (Å²) in [6, 6.07) is 8.47. The molecule has 0 atom stereocenters. The molecule has 1 amide bonds. The lowest BCUT2D eigenvalue weighted by Gasteiger charge is -2.28. The van der Waals surface area contributed by atoms with Gasteiger partial charge in [0.15, 0.2) is 11.5 Å². The van der Waals surface area contributed by atoms with Gasteiger partial charge in [-0.05, 0) is 68.8 Å². The van der Waals surface area contributed by atoms with Gasteiger partial charge in [-0.25, -0.2) is 0 Å². The third kappa shape index (κ3) is 3.43. The minimum Gasteiger partial charge on any atom is -0.493 e. The Morgan fingerprint density at radius 2 is 2.00 bits per heavy atom. The van der Waals surface area contributed by atoms with Gasteiger partial charge in [-0.2, -0.15) is 0 Å². The predicted molar refractivity (Wildman–Crippen MR) is 127 cm³/mol. The molecule has 1 aliphatic rings. The summed E-state index contributed by atoms with van der Waals surface area (Å²) in [4.78, 5) is 16.6. The van der Waals surface area contributed by atoms with E-state index < -0.39 is 0 Å². The van der Waals surface area contributed by atoms with Crippen LogP contribution in [0.25, 0.3) is 21.7 Å². The van der Waals surface area contributed by atoms with Crippen LogP contribution in [0.5, 0.6) is 11.5 Å². The summed E-state index contributed by atoms with van der Waals surface area (Å²) < 4.78 is 13.5. The standard InChI is InChI=1S/C25H30N2O3S/c1-7-26(15(2)3)25(28)20-13-19(22-9-8-12-31-22)23-18-14-21(29-5)24(30-6)16(4)17(18)10-11-27(20)23/h8-9,12-15H,7,10-11H2,1-6H3. The van der Waals surface area contributed by atoms with Crippen LogP contribution in [-0.4, -0.2) is 42.2 Å². The molecular formula is C25H30N2O3S. The average molecular weight is 439 g/mol. The monoisotopic (exact) mass is 438 g/mol. The molecule has 1 aliphatic heterocycles. The lowest BCUT2D eigenvalue weighted by Crippen LogP contribution is -2.38. The van der Waals surface area contributed by atoms with E-state index in [0.29, 0.717) is 6.54 Å². The molecule has 0 radical (unpaired) electrons. The van der Waals surface area contributed by atoms with Crippen LogP contribution in [0.3, 0.4) is 0 Å². The minimum atomic E-state index is 0.0854. The quantitative estimate of drug-likeness (QED) is 0.500. The SMILES string of the molecule is CCN(C(=O)c1cc(-c2cccs2)c2n1CCc1c-2cc(OC)c(OC)c1C)C(C)C. The first-order chi connectivity index (χ1) is 14.9. The topological polar surface area (TPSA) is 43.7 Å².